The van der Waals surface area contributed by atoms with E-state index in [1.807, 2.05) is 0 Å². The first-order valence-electron chi connectivity index (χ1n) is 6.50. The number of carbonyl (C=O) groups is 2. The van der Waals surface area contributed by atoms with Crippen molar-refractivity contribution in [2.24, 2.45) is 0 Å². The van der Waals surface area contributed by atoms with Crippen LogP contribution in [0.25, 0.3) is 0 Å². The van der Waals surface area contributed by atoms with E-state index in [0.717, 1.165) is 0 Å². The van der Waals surface area contributed by atoms with Crippen LogP contribution in [0.15, 0.2) is 12.2 Å². The summed E-state index contributed by atoms with van der Waals surface area (Å²) in [5.41, 5.74) is 0.0846. The molecule has 6 heteroatoms. The molecule has 20 heavy (non-hydrogen) atoms. The van der Waals surface area contributed by atoms with Gasteiger partial charge in [-0.05, 0) is 18.1 Å². The zero-order valence-corrected chi connectivity index (χ0v) is 14.5. The van der Waals surface area contributed by atoms with E-state index in [1.165, 1.54) is 14.0 Å². The molecule has 0 amide bonds. The minimum Gasteiger partial charge on any atom is -0.466 e. The number of hydrogen-bond donors (Lipinski definition) is 0. The van der Waals surface area contributed by atoms with Crippen molar-refractivity contribution in [3.63, 3.8) is 0 Å². The summed E-state index contributed by atoms with van der Waals surface area (Å²) in [6, 6.07) is 0. The van der Waals surface area contributed by atoms with Crippen molar-refractivity contribution < 1.29 is 23.5 Å². The summed E-state index contributed by atoms with van der Waals surface area (Å²) in [5, 5.41) is 0.0281. The van der Waals surface area contributed by atoms with Crippen LogP contribution in [0.5, 0.6) is 0 Å². The Hall–Kier alpha value is -1.14. The minimum atomic E-state index is -1.99. The van der Waals surface area contributed by atoms with Crippen molar-refractivity contribution in [1.82, 2.24) is 0 Å². The molecule has 0 radical (unpaired) electrons. The van der Waals surface area contributed by atoms with Gasteiger partial charge in [0.2, 0.25) is 0 Å². The molecule has 0 aromatic carbocycles. The molecular formula is C14H26O5Si. The van der Waals surface area contributed by atoms with Gasteiger partial charge in [-0.3, -0.25) is 4.79 Å². The van der Waals surface area contributed by atoms with Crippen molar-refractivity contribution in [3.8, 4) is 0 Å². The van der Waals surface area contributed by atoms with Crippen LogP contribution in [0.3, 0.4) is 0 Å². The van der Waals surface area contributed by atoms with Crippen LogP contribution < -0.4 is 0 Å². The Bertz CT molecular complexity index is 382. The molecule has 0 saturated carbocycles. The molecule has 0 N–H and O–H groups in total. The normalized spacial score (nSPS) is 13.6. The molecule has 0 aliphatic carbocycles. The Morgan fingerprint density at radius 1 is 1.25 bits per heavy atom. The average Bonchev–Trinajstić information content (AvgIpc) is 2.30. The second-order valence-electron chi connectivity index (χ2n) is 6.19. The Kier molecular flexibility index (Phi) is 6.63. The van der Waals surface area contributed by atoms with Crippen molar-refractivity contribution in [3.05, 3.63) is 12.2 Å². The summed E-state index contributed by atoms with van der Waals surface area (Å²) in [7, 11) is -0.737. The highest BCUT2D eigenvalue weighted by Crippen LogP contribution is 2.36. The smallest absolute Gasteiger partial charge is 0.336 e. The molecule has 0 fully saturated rings. The van der Waals surface area contributed by atoms with Gasteiger partial charge in [-0.25, -0.2) is 4.79 Å². The molecule has 0 aliphatic rings. The molecule has 0 bridgehead atoms. The highest BCUT2D eigenvalue weighted by molar-refractivity contribution is 6.74. The number of hydrogen-bond acceptors (Lipinski definition) is 5. The first kappa shape index (κ1) is 18.9. The lowest BCUT2D eigenvalue weighted by atomic mass is 10.2. The molecule has 0 saturated heterocycles. The van der Waals surface area contributed by atoms with E-state index in [-0.39, 0.29) is 17.2 Å². The molecule has 0 aromatic rings. The first-order chi connectivity index (χ1) is 8.92. The van der Waals surface area contributed by atoms with Gasteiger partial charge in [-0.2, -0.15) is 0 Å². The van der Waals surface area contributed by atoms with Crippen molar-refractivity contribution in [2.45, 2.75) is 51.9 Å². The van der Waals surface area contributed by atoms with E-state index in [1.54, 1.807) is 0 Å². The molecule has 0 aliphatic heterocycles. The second-order valence-corrected chi connectivity index (χ2v) is 11.0. The SMILES string of the molecule is C=C(C(=O)OC)[C@H](CO[Si](C)(C)C(C)(C)C)OC(C)=O. The predicted octanol–water partition coefficient (Wildman–Crippen LogP) is 2.67. The maximum absolute atomic E-state index is 11.5. The lowest BCUT2D eigenvalue weighted by molar-refractivity contribution is -0.148. The van der Waals surface area contributed by atoms with E-state index in [0.29, 0.717) is 0 Å². The highest BCUT2D eigenvalue weighted by atomic mass is 28.4. The summed E-state index contributed by atoms with van der Waals surface area (Å²) in [5.74, 6) is -1.09. The topological polar surface area (TPSA) is 61.8 Å². The number of carbonyl (C=O) groups excluding carboxylic acids is 2. The van der Waals surface area contributed by atoms with Gasteiger partial charge in [0.1, 0.15) is 0 Å². The van der Waals surface area contributed by atoms with Crippen LogP contribution in [0, 0.1) is 0 Å². The molecule has 116 valence electrons. The Morgan fingerprint density at radius 2 is 1.75 bits per heavy atom. The van der Waals surface area contributed by atoms with E-state index >= 15 is 0 Å². The molecule has 0 aromatic heterocycles. The monoisotopic (exact) mass is 302 g/mol. The number of rotatable bonds is 6. The quantitative estimate of drug-likeness (QED) is 0.429. The summed E-state index contributed by atoms with van der Waals surface area (Å²) in [6.07, 6.45) is -0.811. The Labute approximate surface area is 122 Å². The number of ether oxygens (including phenoxy) is 2. The molecule has 1 atom stereocenters. The first-order valence-corrected chi connectivity index (χ1v) is 9.41. The Balaban J connectivity index is 4.89. The zero-order valence-electron chi connectivity index (χ0n) is 13.5. The van der Waals surface area contributed by atoms with Gasteiger partial charge < -0.3 is 13.9 Å². The van der Waals surface area contributed by atoms with Crippen LogP contribution in [0.2, 0.25) is 18.1 Å². The third-order valence-corrected chi connectivity index (χ3v) is 8.05. The van der Waals surface area contributed by atoms with Crippen LogP contribution in [0.4, 0.5) is 0 Å². The van der Waals surface area contributed by atoms with Gasteiger partial charge >= 0.3 is 11.9 Å². The molecule has 5 nitrogen and oxygen atoms in total. The summed E-state index contributed by atoms with van der Waals surface area (Å²) in [6.45, 7) is 15.5. The van der Waals surface area contributed by atoms with E-state index < -0.39 is 26.4 Å². The zero-order chi connectivity index (χ0) is 16.1. The average molecular weight is 302 g/mol. The van der Waals surface area contributed by atoms with Gasteiger partial charge in [0.05, 0.1) is 19.3 Å². The van der Waals surface area contributed by atoms with Crippen molar-refractivity contribution >= 4 is 20.3 Å². The molecule has 0 rings (SSSR count). The van der Waals surface area contributed by atoms with Gasteiger partial charge in [0.25, 0.3) is 0 Å². The third kappa shape index (κ3) is 5.46. The van der Waals surface area contributed by atoms with Crippen molar-refractivity contribution in [1.29, 1.82) is 0 Å². The van der Waals surface area contributed by atoms with Crippen LogP contribution >= 0.6 is 0 Å². The van der Waals surface area contributed by atoms with Crippen LogP contribution in [-0.4, -0.2) is 40.1 Å². The fraction of sp³-hybridized carbons (Fsp3) is 0.714. The molecule has 0 unspecified atom stereocenters. The fourth-order valence-corrected chi connectivity index (χ4v) is 2.17. The van der Waals surface area contributed by atoms with Crippen LogP contribution in [0.1, 0.15) is 27.7 Å². The van der Waals surface area contributed by atoms with Gasteiger partial charge in [-0.1, -0.05) is 27.4 Å². The van der Waals surface area contributed by atoms with Gasteiger partial charge in [-0.15, -0.1) is 0 Å². The molecule has 0 spiro atoms. The predicted molar refractivity (Wildman–Crippen MR) is 79.9 cm³/mol. The summed E-state index contributed by atoms with van der Waals surface area (Å²) in [4.78, 5) is 22.6. The van der Waals surface area contributed by atoms with Gasteiger partial charge in [0.15, 0.2) is 14.4 Å². The third-order valence-electron chi connectivity index (χ3n) is 3.55. The fourth-order valence-electron chi connectivity index (χ4n) is 1.17. The van der Waals surface area contributed by atoms with Crippen molar-refractivity contribution in [2.75, 3.05) is 13.7 Å². The molecular weight excluding hydrogens is 276 g/mol. The maximum atomic E-state index is 11.5. The number of esters is 2. The highest BCUT2D eigenvalue weighted by Gasteiger charge is 2.38. The second kappa shape index (κ2) is 7.03. The summed E-state index contributed by atoms with van der Waals surface area (Å²) < 4.78 is 15.7. The summed E-state index contributed by atoms with van der Waals surface area (Å²) >= 11 is 0. The van der Waals surface area contributed by atoms with Gasteiger partial charge in [0, 0.05) is 6.92 Å². The van der Waals surface area contributed by atoms with E-state index in [4.69, 9.17) is 9.16 Å². The van der Waals surface area contributed by atoms with Crippen LogP contribution in [-0.2, 0) is 23.5 Å². The molecule has 0 heterocycles. The van der Waals surface area contributed by atoms with E-state index in [2.05, 4.69) is 45.2 Å². The lowest BCUT2D eigenvalue weighted by Crippen LogP contribution is -2.43. The maximum Gasteiger partial charge on any atom is 0.336 e. The van der Waals surface area contributed by atoms with E-state index in [9.17, 15) is 9.59 Å². The number of methoxy groups -OCH3 is 1. The Morgan fingerprint density at radius 3 is 2.10 bits per heavy atom. The minimum absolute atomic E-state index is 0.0281. The largest absolute Gasteiger partial charge is 0.466 e. The standard InChI is InChI=1S/C14H26O5Si/c1-10(13(16)17-6)12(19-11(2)15)9-18-20(7,8)14(3,4)5/h12H,1,9H2,2-8H3/t12-/m0/s1. The lowest BCUT2D eigenvalue weighted by Gasteiger charge is -2.37.